The topological polar surface area (TPSA) is 96.0 Å². The van der Waals surface area contributed by atoms with Crippen LogP contribution in [0.1, 0.15) is 31.4 Å². The van der Waals surface area contributed by atoms with Gasteiger partial charge < -0.3 is 15.0 Å². The number of benzene rings is 3. The summed E-state index contributed by atoms with van der Waals surface area (Å²) in [7, 11) is -2.81. The lowest BCUT2D eigenvalue weighted by Crippen LogP contribution is -2.51. The third-order valence-corrected chi connectivity index (χ3v) is 8.83. The van der Waals surface area contributed by atoms with Gasteiger partial charge in [-0.15, -0.1) is 0 Å². The number of carbonyl (C=O) groups excluding carboxylic acids is 2. The van der Waals surface area contributed by atoms with E-state index in [0.717, 1.165) is 9.87 Å². The summed E-state index contributed by atoms with van der Waals surface area (Å²) >= 11 is 12.8. The van der Waals surface area contributed by atoms with Crippen molar-refractivity contribution in [2.45, 2.75) is 44.7 Å². The Morgan fingerprint density at radius 2 is 1.60 bits per heavy atom. The number of carbonyl (C=O) groups is 2. The Labute approximate surface area is 245 Å². The van der Waals surface area contributed by atoms with Gasteiger partial charge in [-0.1, -0.05) is 66.0 Å². The van der Waals surface area contributed by atoms with E-state index in [-0.39, 0.29) is 28.8 Å². The molecule has 214 valence electrons. The van der Waals surface area contributed by atoms with E-state index < -0.39 is 28.5 Å². The van der Waals surface area contributed by atoms with Gasteiger partial charge >= 0.3 is 0 Å². The molecule has 0 aromatic heterocycles. The van der Waals surface area contributed by atoms with Crippen LogP contribution in [-0.2, 0) is 26.2 Å². The number of amides is 2. The van der Waals surface area contributed by atoms with E-state index in [9.17, 15) is 18.0 Å². The highest BCUT2D eigenvalue weighted by atomic mass is 35.5. The van der Waals surface area contributed by atoms with Crippen molar-refractivity contribution in [1.82, 2.24) is 10.2 Å². The SMILES string of the molecule is CCCNC(=O)C(C)N(Cc1c(Cl)cccc1Cl)C(=O)CN(c1ccccc1OC)S(=O)(=O)c1ccc(C)cc1. The number of halogens is 2. The van der Waals surface area contributed by atoms with Crippen molar-refractivity contribution in [2.75, 3.05) is 24.5 Å². The van der Waals surface area contributed by atoms with Crippen LogP contribution >= 0.6 is 23.2 Å². The van der Waals surface area contributed by atoms with Crippen LogP contribution in [0.5, 0.6) is 5.75 Å². The zero-order valence-electron chi connectivity index (χ0n) is 22.9. The van der Waals surface area contributed by atoms with E-state index in [0.29, 0.717) is 28.6 Å². The largest absolute Gasteiger partial charge is 0.495 e. The third kappa shape index (κ3) is 7.27. The smallest absolute Gasteiger partial charge is 0.264 e. The van der Waals surface area contributed by atoms with Gasteiger partial charge in [-0.25, -0.2) is 8.42 Å². The minimum Gasteiger partial charge on any atom is -0.495 e. The fraction of sp³-hybridized carbons (Fsp3) is 0.310. The first-order valence-electron chi connectivity index (χ1n) is 12.7. The molecule has 0 aliphatic heterocycles. The zero-order chi connectivity index (χ0) is 29.4. The van der Waals surface area contributed by atoms with Crippen LogP contribution in [0, 0.1) is 6.92 Å². The van der Waals surface area contributed by atoms with Crippen molar-refractivity contribution in [3.63, 3.8) is 0 Å². The minimum atomic E-state index is -4.23. The summed E-state index contributed by atoms with van der Waals surface area (Å²) in [6.45, 7) is 5.05. The monoisotopic (exact) mass is 605 g/mol. The zero-order valence-corrected chi connectivity index (χ0v) is 25.2. The lowest BCUT2D eigenvalue weighted by atomic mass is 10.1. The summed E-state index contributed by atoms with van der Waals surface area (Å²) < 4.78 is 34.4. The van der Waals surface area contributed by atoms with Gasteiger partial charge in [0.25, 0.3) is 10.0 Å². The predicted octanol–water partition coefficient (Wildman–Crippen LogP) is 5.45. The van der Waals surface area contributed by atoms with E-state index in [4.69, 9.17) is 27.9 Å². The van der Waals surface area contributed by atoms with Gasteiger partial charge in [0.05, 0.1) is 17.7 Å². The van der Waals surface area contributed by atoms with Crippen LogP contribution in [0.4, 0.5) is 5.69 Å². The minimum absolute atomic E-state index is 0.00578. The first-order chi connectivity index (χ1) is 19.0. The average Bonchev–Trinajstić information content (AvgIpc) is 2.94. The normalized spacial score (nSPS) is 11.9. The van der Waals surface area contributed by atoms with Crippen molar-refractivity contribution in [3.8, 4) is 5.75 Å². The fourth-order valence-corrected chi connectivity index (χ4v) is 5.96. The lowest BCUT2D eigenvalue weighted by molar-refractivity contribution is -0.139. The number of hydrogen-bond donors (Lipinski definition) is 1. The number of methoxy groups -OCH3 is 1. The van der Waals surface area contributed by atoms with E-state index in [1.165, 1.54) is 24.1 Å². The molecule has 3 aromatic rings. The number of para-hydroxylation sites is 2. The van der Waals surface area contributed by atoms with Crippen molar-refractivity contribution < 1.29 is 22.7 Å². The predicted molar refractivity (Wildman–Crippen MR) is 158 cm³/mol. The van der Waals surface area contributed by atoms with Gasteiger partial charge in [0.15, 0.2) is 0 Å². The second-order valence-corrected chi connectivity index (χ2v) is 11.9. The number of sulfonamides is 1. The highest BCUT2D eigenvalue weighted by Crippen LogP contribution is 2.33. The van der Waals surface area contributed by atoms with Gasteiger partial charge in [0.1, 0.15) is 18.3 Å². The number of rotatable bonds is 12. The highest BCUT2D eigenvalue weighted by molar-refractivity contribution is 7.92. The summed E-state index contributed by atoms with van der Waals surface area (Å²) in [5, 5.41) is 3.44. The van der Waals surface area contributed by atoms with E-state index >= 15 is 0 Å². The maximum atomic E-state index is 14.0. The number of hydrogen-bond acceptors (Lipinski definition) is 5. The lowest BCUT2D eigenvalue weighted by Gasteiger charge is -2.32. The molecule has 0 spiro atoms. The van der Waals surface area contributed by atoms with E-state index in [2.05, 4.69) is 5.32 Å². The van der Waals surface area contributed by atoms with Crippen LogP contribution in [0.3, 0.4) is 0 Å². The summed E-state index contributed by atoms with van der Waals surface area (Å²) in [5.41, 5.74) is 1.51. The van der Waals surface area contributed by atoms with Gasteiger partial charge in [0, 0.05) is 28.7 Å². The number of nitrogens with zero attached hydrogens (tertiary/aromatic N) is 2. The van der Waals surface area contributed by atoms with Crippen molar-refractivity contribution in [2.24, 2.45) is 0 Å². The summed E-state index contributed by atoms with van der Waals surface area (Å²) in [6.07, 6.45) is 0.707. The molecule has 0 bridgehead atoms. The van der Waals surface area contributed by atoms with Gasteiger partial charge in [0.2, 0.25) is 11.8 Å². The van der Waals surface area contributed by atoms with Crippen LogP contribution in [-0.4, -0.2) is 51.4 Å². The first kappa shape index (κ1) is 31.3. The molecule has 0 fully saturated rings. The average molecular weight is 607 g/mol. The molecule has 0 aliphatic rings. The summed E-state index contributed by atoms with van der Waals surface area (Å²) in [4.78, 5) is 28.3. The van der Waals surface area contributed by atoms with Crippen molar-refractivity contribution in [1.29, 1.82) is 0 Å². The first-order valence-corrected chi connectivity index (χ1v) is 14.9. The maximum Gasteiger partial charge on any atom is 0.264 e. The summed E-state index contributed by atoms with van der Waals surface area (Å²) in [6, 6.07) is 16.9. The molecule has 3 aromatic carbocycles. The fourth-order valence-electron chi connectivity index (χ4n) is 4.02. The van der Waals surface area contributed by atoms with Crippen LogP contribution in [0.25, 0.3) is 0 Å². The Balaban J connectivity index is 2.09. The Morgan fingerprint density at radius 1 is 0.975 bits per heavy atom. The highest BCUT2D eigenvalue weighted by Gasteiger charge is 2.34. The van der Waals surface area contributed by atoms with Crippen LogP contribution < -0.4 is 14.4 Å². The molecule has 0 heterocycles. The molecule has 11 heteroatoms. The molecule has 2 amide bonds. The number of nitrogens with one attached hydrogen (secondary N) is 1. The van der Waals surface area contributed by atoms with Crippen molar-refractivity contribution >= 4 is 50.7 Å². The quantitative estimate of drug-likeness (QED) is 0.296. The second kappa shape index (κ2) is 13.9. The third-order valence-electron chi connectivity index (χ3n) is 6.35. The van der Waals surface area contributed by atoms with Gasteiger partial charge in [-0.2, -0.15) is 0 Å². The molecule has 0 aliphatic carbocycles. The Kier molecular flexibility index (Phi) is 10.8. The second-order valence-electron chi connectivity index (χ2n) is 9.19. The molecule has 1 N–H and O–H groups in total. The van der Waals surface area contributed by atoms with Crippen LogP contribution in [0.2, 0.25) is 10.0 Å². The molecule has 0 saturated carbocycles. The number of aryl methyl sites for hydroxylation is 1. The van der Waals surface area contributed by atoms with Gasteiger partial charge in [-0.3, -0.25) is 13.9 Å². The van der Waals surface area contributed by atoms with Crippen LogP contribution in [0.15, 0.2) is 71.6 Å². The Morgan fingerprint density at radius 3 is 2.20 bits per heavy atom. The van der Waals surface area contributed by atoms with E-state index in [1.54, 1.807) is 61.5 Å². The molecular formula is C29H33Cl2N3O5S. The molecular weight excluding hydrogens is 573 g/mol. The molecule has 0 saturated heterocycles. The molecule has 40 heavy (non-hydrogen) atoms. The molecule has 1 atom stereocenters. The maximum absolute atomic E-state index is 14.0. The molecule has 3 rings (SSSR count). The molecule has 8 nitrogen and oxygen atoms in total. The summed E-state index contributed by atoms with van der Waals surface area (Å²) in [5.74, 6) is -0.749. The molecule has 0 radical (unpaired) electrons. The Hall–Kier alpha value is -3.27. The molecule has 1 unspecified atom stereocenters. The standard InChI is InChI=1S/C29H33Cl2N3O5S/c1-5-17-32-29(36)21(3)33(18-23-24(30)9-8-10-25(23)31)28(35)19-34(26-11-6-7-12-27(26)39-4)40(37,38)22-15-13-20(2)14-16-22/h6-16,21H,5,17-19H2,1-4H3,(H,32,36). The van der Waals surface area contributed by atoms with E-state index in [1.807, 2.05) is 13.8 Å². The van der Waals surface area contributed by atoms with Crippen molar-refractivity contribution in [3.05, 3.63) is 87.9 Å². The van der Waals surface area contributed by atoms with Gasteiger partial charge in [-0.05, 0) is 56.7 Å². The number of ether oxygens (including phenoxy) is 1. The number of anilines is 1. The Bertz CT molecular complexity index is 1430.